The quantitative estimate of drug-likeness (QED) is 0.834. The van der Waals surface area contributed by atoms with Crippen molar-refractivity contribution in [2.24, 2.45) is 11.7 Å². The molecule has 21 heavy (non-hydrogen) atoms. The molecule has 0 saturated heterocycles. The topological polar surface area (TPSA) is 72.2 Å². The van der Waals surface area contributed by atoms with Crippen molar-refractivity contribution in [1.29, 1.82) is 0 Å². The molecule has 0 aliphatic heterocycles. The van der Waals surface area contributed by atoms with Crippen molar-refractivity contribution in [1.82, 2.24) is 4.72 Å². The number of hydrogen-bond acceptors (Lipinski definition) is 3. The molecule has 0 radical (unpaired) electrons. The van der Waals surface area contributed by atoms with E-state index < -0.39 is 10.0 Å². The van der Waals surface area contributed by atoms with E-state index in [1.807, 2.05) is 0 Å². The lowest BCUT2D eigenvalue weighted by atomic mass is 9.88. The molecule has 3 N–H and O–H groups in total. The van der Waals surface area contributed by atoms with Gasteiger partial charge in [0.2, 0.25) is 10.0 Å². The maximum atomic E-state index is 12.5. The fourth-order valence-corrected chi connectivity index (χ4v) is 4.57. The van der Waals surface area contributed by atoms with Gasteiger partial charge in [-0.3, -0.25) is 0 Å². The van der Waals surface area contributed by atoms with E-state index in [0.717, 1.165) is 19.3 Å². The van der Waals surface area contributed by atoms with Gasteiger partial charge in [-0.1, -0.05) is 38.0 Å². The molecule has 1 saturated carbocycles. The normalized spacial score (nSPS) is 23.0. The molecule has 2 rings (SSSR count). The van der Waals surface area contributed by atoms with E-state index in [4.69, 9.17) is 18.0 Å². The molecule has 0 amide bonds. The van der Waals surface area contributed by atoms with Gasteiger partial charge in [0.1, 0.15) is 4.99 Å². The summed E-state index contributed by atoms with van der Waals surface area (Å²) in [6, 6.07) is 5.00. The number of nitrogens with two attached hydrogens (primary N) is 1. The Morgan fingerprint density at radius 3 is 2.67 bits per heavy atom. The molecule has 4 nitrogen and oxygen atoms in total. The van der Waals surface area contributed by atoms with Crippen LogP contribution in [-0.2, 0) is 10.0 Å². The Morgan fingerprint density at radius 1 is 1.38 bits per heavy atom. The van der Waals surface area contributed by atoms with Gasteiger partial charge in [-0.05, 0) is 43.4 Å². The van der Waals surface area contributed by atoms with Crippen molar-refractivity contribution in [2.75, 3.05) is 0 Å². The Morgan fingerprint density at radius 2 is 2.10 bits per heavy atom. The molecule has 1 aliphatic rings. The standard InChI is InChI=1S/C15H22N2O2S2/c1-10-4-3-5-13(8-10)17-21(18,19)14-7-6-12(15(16)20)9-11(14)2/h6-7,9-10,13,17H,3-5,8H2,1-2H3,(H2,16,20). The summed E-state index contributed by atoms with van der Waals surface area (Å²) in [7, 11) is -3.49. The molecule has 6 heteroatoms. The highest BCUT2D eigenvalue weighted by molar-refractivity contribution is 7.89. The van der Waals surface area contributed by atoms with Crippen LogP contribution in [0.1, 0.15) is 43.7 Å². The van der Waals surface area contributed by atoms with E-state index in [1.165, 1.54) is 6.42 Å². The van der Waals surface area contributed by atoms with Gasteiger partial charge < -0.3 is 5.73 Å². The number of rotatable bonds is 4. The molecule has 0 aromatic heterocycles. The van der Waals surface area contributed by atoms with Crippen LogP contribution in [0.25, 0.3) is 0 Å². The van der Waals surface area contributed by atoms with Crippen LogP contribution >= 0.6 is 12.2 Å². The number of nitrogens with one attached hydrogen (secondary N) is 1. The van der Waals surface area contributed by atoms with E-state index in [-0.39, 0.29) is 11.0 Å². The van der Waals surface area contributed by atoms with Crippen molar-refractivity contribution in [3.05, 3.63) is 29.3 Å². The maximum Gasteiger partial charge on any atom is 0.241 e. The monoisotopic (exact) mass is 326 g/mol. The zero-order valence-corrected chi connectivity index (χ0v) is 14.1. The predicted molar refractivity (Wildman–Crippen MR) is 88.8 cm³/mol. The summed E-state index contributed by atoms with van der Waals surface area (Å²) in [5.74, 6) is 0.574. The third-order valence-corrected chi connectivity index (χ3v) is 5.92. The van der Waals surface area contributed by atoms with Gasteiger partial charge >= 0.3 is 0 Å². The number of sulfonamides is 1. The van der Waals surface area contributed by atoms with Crippen LogP contribution in [0.5, 0.6) is 0 Å². The Kier molecular flexibility index (Phi) is 5.01. The lowest BCUT2D eigenvalue weighted by Gasteiger charge is -2.27. The summed E-state index contributed by atoms with van der Waals surface area (Å²) in [6.45, 7) is 3.93. The fourth-order valence-electron chi connectivity index (χ4n) is 2.93. The van der Waals surface area contributed by atoms with Crippen LogP contribution in [0.3, 0.4) is 0 Å². The van der Waals surface area contributed by atoms with Gasteiger partial charge in [0.15, 0.2) is 0 Å². The first kappa shape index (κ1) is 16.4. The van der Waals surface area contributed by atoms with E-state index in [1.54, 1.807) is 25.1 Å². The average molecular weight is 326 g/mol. The van der Waals surface area contributed by atoms with Crippen molar-refractivity contribution in [3.63, 3.8) is 0 Å². The lowest BCUT2D eigenvalue weighted by Crippen LogP contribution is -2.38. The molecule has 1 aromatic rings. The molecule has 1 fully saturated rings. The Labute approximate surface area is 132 Å². The van der Waals surface area contributed by atoms with E-state index in [2.05, 4.69) is 11.6 Å². The van der Waals surface area contributed by atoms with E-state index in [9.17, 15) is 8.42 Å². The second kappa shape index (κ2) is 6.42. The summed E-state index contributed by atoms with van der Waals surface area (Å²) in [5.41, 5.74) is 6.92. The molecule has 2 atom stereocenters. The summed E-state index contributed by atoms with van der Waals surface area (Å²) < 4.78 is 27.9. The second-order valence-corrected chi connectivity index (χ2v) is 8.06. The SMILES string of the molecule is Cc1cc(C(N)=S)ccc1S(=O)(=O)NC1CCCC(C)C1. The number of thiocarbonyl (C=S) groups is 1. The molecule has 0 bridgehead atoms. The molecule has 1 aromatic carbocycles. The van der Waals surface area contributed by atoms with E-state index in [0.29, 0.717) is 21.9 Å². The van der Waals surface area contributed by atoms with Crippen molar-refractivity contribution < 1.29 is 8.42 Å². The summed E-state index contributed by atoms with van der Waals surface area (Å²) >= 11 is 4.91. The highest BCUT2D eigenvalue weighted by Crippen LogP contribution is 2.25. The number of benzene rings is 1. The minimum atomic E-state index is -3.49. The lowest BCUT2D eigenvalue weighted by molar-refractivity contribution is 0.327. The highest BCUT2D eigenvalue weighted by atomic mass is 32.2. The largest absolute Gasteiger partial charge is 0.389 e. The van der Waals surface area contributed by atoms with Crippen molar-refractivity contribution >= 4 is 27.2 Å². The molecule has 0 spiro atoms. The van der Waals surface area contributed by atoms with Gasteiger partial charge in [-0.2, -0.15) is 0 Å². The van der Waals surface area contributed by atoms with Gasteiger partial charge in [0, 0.05) is 11.6 Å². The van der Waals surface area contributed by atoms with Crippen LogP contribution in [0, 0.1) is 12.8 Å². The van der Waals surface area contributed by atoms with Crippen LogP contribution < -0.4 is 10.5 Å². The average Bonchev–Trinajstić information content (AvgIpc) is 2.37. The minimum Gasteiger partial charge on any atom is -0.389 e. The molecule has 0 heterocycles. The molecule has 1 aliphatic carbocycles. The van der Waals surface area contributed by atoms with Gasteiger partial charge in [-0.25, -0.2) is 13.1 Å². The van der Waals surface area contributed by atoms with Crippen LogP contribution in [0.4, 0.5) is 0 Å². The Bertz CT molecular complexity index is 641. The third-order valence-electron chi connectivity index (χ3n) is 4.01. The molecule has 2 unspecified atom stereocenters. The Balaban J connectivity index is 2.21. The van der Waals surface area contributed by atoms with Crippen LogP contribution in [0.15, 0.2) is 23.1 Å². The van der Waals surface area contributed by atoms with Gasteiger partial charge in [0.25, 0.3) is 0 Å². The zero-order chi connectivity index (χ0) is 15.6. The number of aryl methyl sites for hydroxylation is 1. The van der Waals surface area contributed by atoms with Crippen LogP contribution in [-0.4, -0.2) is 19.4 Å². The van der Waals surface area contributed by atoms with Crippen molar-refractivity contribution in [2.45, 2.75) is 50.5 Å². The van der Waals surface area contributed by atoms with Gasteiger partial charge in [-0.15, -0.1) is 0 Å². The van der Waals surface area contributed by atoms with Crippen LogP contribution in [0.2, 0.25) is 0 Å². The number of hydrogen-bond donors (Lipinski definition) is 2. The molecule has 116 valence electrons. The highest BCUT2D eigenvalue weighted by Gasteiger charge is 2.25. The maximum absolute atomic E-state index is 12.5. The predicted octanol–water partition coefficient (Wildman–Crippen LogP) is 2.49. The minimum absolute atomic E-state index is 0.0356. The first-order chi connectivity index (χ1) is 9.79. The molecular formula is C15H22N2O2S2. The third kappa shape index (κ3) is 4.02. The van der Waals surface area contributed by atoms with Crippen molar-refractivity contribution in [3.8, 4) is 0 Å². The Hall–Kier alpha value is -0.980. The summed E-state index contributed by atoms with van der Waals surface area (Å²) in [6.07, 6.45) is 4.07. The van der Waals surface area contributed by atoms with E-state index >= 15 is 0 Å². The van der Waals surface area contributed by atoms with Gasteiger partial charge in [0.05, 0.1) is 4.90 Å². The summed E-state index contributed by atoms with van der Waals surface area (Å²) in [4.78, 5) is 0.580. The summed E-state index contributed by atoms with van der Waals surface area (Å²) in [5, 5.41) is 0. The fraction of sp³-hybridized carbons (Fsp3) is 0.533. The molecular weight excluding hydrogens is 304 g/mol. The smallest absolute Gasteiger partial charge is 0.241 e. The first-order valence-electron chi connectivity index (χ1n) is 7.22. The zero-order valence-electron chi connectivity index (χ0n) is 12.4. The first-order valence-corrected chi connectivity index (χ1v) is 9.11. The second-order valence-electron chi connectivity index (χ2n) is 5.93.